The maximum Gasteiger partial charge on any atom is 0.242 e. The minimum absolute atomic E-state index is 0.334. The van der Waals surface area contributed by atoms with Crippen LogP contribution in [0.4, 0.5) is 0 Å². The van der Waals surface area contributed by atoms with Gasteiger partial charge in [-0.05, 0) is 18.5 Å². The summed E-state index contributed by atoms with van der Waals surface area (Å²) in [5, 5.41) is 3.34. The van der Waals surface area contributed by atoms with Crippen LogP contribution in [-0.2, 0) is 10.3 Å². The SMILES string of the molecule is CC(C)CNC1(C(N)=O)CCOc2ccccc21. The van der Waals surface area contributed by atoms with E-state index in [1.54, 1.807) is 0 Å². The molecule has 0 spiro atoms. The molecule has 3 N–H and O–H groups in total. The molecule has 4 nitrogen and oxygen atoms in total. The molecule has 1 aliphatic heterocycles. The number of primary amides is 1. The Balaban J connectivity index is 2.39. The van der Waals surface area contributed by atoms with Crippen molar-refractivity contribution >= 4 is 5.91 Å². The van der Waals surface area contributed by atoms with Gasteiger partial charge < -0.3 is 10.5 Å². The summed E-state index contributed by atoms with van der Waals surface area (Å²) in [5.74, 6) is 0.869. The van der Waals surface area contributed by atoms with Crippen molar-refractivity contribution in [2.45, 2.75) is 25.8 Å². The predicted molar refractivity (Wildman–Crippen MR) is 70.3 cm³/mol. The smallest absolute Gasteiger partial charge is 0.242 e. The Bertz CT molecular complexity index is 445. The second-order valence-corrected chi connectivity index (χ2v) is 5.14. The Hall–Kier alpha value is -1.55. The molecule has 1 aromatic rings. The first-order valence-corrected chi connectivity index (χ1v) is 6.33. The van der Waals surface area contributed by atoms with E-state index in [2.05, 4.69) is 19.2 Å². The van der Waals surface area contributed by atoms with Gasteiger partial charge in [0.15, 0.2) is 0 Å². The topological polar surface area (TPSA) is 64.3 Å². The number of hydrogen-bond acceptors (Lipinski definition) is 3. The number of ether oxygens (including phenoxy) is 1. The molecule has 0 fully saturated rings. The summed E-state index contributed by atoms with van der Waals surface area (Å²) in [7, 11) is 0. The second kappa shape index (κ2) is 4.98. The molecule has 0 saturated heterocycles. The third kappa shape index (κ3) is 2.20. The zero-order valence-electron chi connectivity index (χ0n) is 10.9. The quantitative estimate of drug-likeness (QED) is 0.846. The van der Waals surface area contributed by atoms with Crippen molar-refractivity contribution in [1.29, 1.82) is 0 Å². The predicted octanol–water partition coefficient (Wildman–Crippen LogP) is 1.40. The third-order valence-electron chi connectivity index (χ3n) is 3.31. The van der Waals surface area contributed by atoms with E-state index in [-0.39, 0.29) is 5.91 Å². The molecule has 2 rings (SSSR count). The van der Waals surface area contributed by atoms with Crippen molar-refractivity contribution in [2.75, 3.05) is 13.2 Å². The molecule has 1 unspecified atom stereocenters. The molecule has 1 atom stereocenters. The molecule has 0 aromatic heterocycles. The number of nitrogens with one attached hydrogen (secondary N) is 1. The van der Waals surface area contributed by atoms with E-state index < -0.39 is 5.54 Å². The van der Waals surface area contributed by atoms with Crippen molar-refractivity contribution in [3.05, 3.63) is 29.8 Å². The number of hydrogen-bond donors (Lipinski definition) is 2. The van der Waals surface area contributed by atoms with Crippen LogP contribution in [0.1, 0.15) is 25.8 Å². The first-order valence-electron chi connectivity index (χ1n) is 6.33. The Labute approximate surface area is 108 Å². The lowest BCUT2D eigenvalue weighted by atomic mass is 9.83. The van der Waals surface area contributed by atoms with E-state index in [1.807, 2.05) is 24.3 Å². The maximum atomic E-state index is 12.0. The van der Waals surface area contributed by atoms with Crippen LogP contribution in [0.15, 0.2) is 24.3 Å². The number of fused-ring (bicyclic) bond motifs is 1. The monoisotopic (exact) mass is 248 g/mol. The molecule has 1 heterocycles. The summed E-state index contributed by atoms with van der Waals surface area (Å²) < 4.78 is 5.59. The number of benzene rings is 1. The van der Waals surface area contributed by atoms with Gasteiger partial charge in [-0.3, -0.25) is 10.1 Å². The van der Waals surface area contributed by atoms with Crippen molar-refractivity contribution < 1.29 is 9.53 Å². The molecule has 0 radical (unpaired) electrons. The first-order chi connectivity index (χ1) is 8.56. The van der Waals surface area contributed by atoms with Crippen molar-refractivity contribution in [3.63, 3.8) is 0 Å². The Morgan fingerprint density at radius 1 is 1.50 bits per heavy atom. The van der Waals surface area contributed by atoms with Gasteiger partial charge in [-0.2, -0.15) is 0 Å². The number of carbonyl (C=O) groups excluding carboxylic acids is 1. The molecular formula is C14H20N2O2. The number of nitrogens with two attached hydrogens (primary N) is 1. The van der Waals surface area contributed by atoms with E-state index in [0.717, 1.165) is 17.9 Å². The number of para-hydroxylation sites is 1. The van der Waals surface area contributed by atoms with E-state index in [1.165, 1.54) is 0 Å². The largest absolute Gasteiger partial charge is 0.493 e. The van der Waals surface area contributed by atoms with Crippen molar-refractivity contribution in [3.8, 4) is 5.75 Å². The summed E-state index contributed by atoms with van der Waals surface area (Å²) in [5.41, 5.74) is 5.70. The van der Waals surface area contributed by atoms with E-state index in [9.17, 15) is 4.79 Å². The molecule has 98 valence electrons. The average molecular weight is 248 g/mol. The molecule has 1 aliphatic rings. The molecular weight excluding hydrogens is 228 g/mol. The van der Waals surface area contributed by atoms with Gasteiger partial charge in [0.05, 0.1) is 6.61 Å². The lowest BCUT2D eigenvalue weighted by Gasteiger charge is -2.37. The van der Waals surface area contributed by atoms with Gasteiger partial charge in [0, 0.05) is 12.0 Å². The lowest BCUT2D eigenvalue weighted by molar-refractivity contribution is -0.126. The van der Waals surface area contributed by atoms with E-state index in [0.29, 0.717) is 18.9 Å². The van der Waals surface area contributed by atoms with Gasteiger partial charge in [-0.15, -0.1) is 0 Å². The number of carbonyl (C=O) groups is 1. The van der Waals surface area contributed by atoms with Crippen LogP contribution < -0.4 is 15.8 Å². The number of amides is 1. The van der Waals surface area contributed by atoms with Crippen LogP contribution in [0.25, 0.3) is 0 Å². The highest BCUT2D eigenvalue weighted by molar-refractivity contribution is 5.87. The molecule has 0 bridgehead atoms. The fourth-order valence-corrected chi connectivity index (χ4v) is 2.30. The summed E-state index contributed by atoms with van der Waals surface area (Å²) in [6.07, 6.45) is 0.575. The Morgan fingerprint density at radius 3 is 2.89 bits per heavy atom. The van der Waals surface area contributed by atoms with Gasteiger partial charge in [0.1, 0.15) is 11.3 Å². The van der Waals surface area contributed by atoms with Crippen LogP contribution in [0.2, 0.25) is 0 Å². The van der Waals surface area contributed by atoms with Crippen LogP contribution in [0.5, 0.6) is 5.75 Å². The summed E-state index contributed by atoms with van der Waals surface area (Å²) in [4.78, 5) is 12.0. The fraction of sp³-hybridized carbons (Fsp3) is 0.500. The molecule has 1 amide bonds. The van der Waals surface area contributed by atoms with E-state index >= 15 is 0 Å². The molecule has 1 aromatic carbocycles. The minimum Gasteiger partial charge on any atom is -0.493 e. The van der Waals surface area contributed by atoms with Gasteiger partial charge >= 0.3 is 0 Å². The normalized spacial score (nSPS) is 22.4. The lowest BCUT2D eigenvalue weighted by Crippen LogP contribution is -2.56. The summed E-state index contributed by atoms with van der Waals surface area (Å²) >= 11 is 0. The zero-order chi connectivity index (χ0) is 13.2. The van der Waals surface area contributed by atoms with Gasteiger partial charge in [0.2, 0.25) is 5.91 Å². The van der Waals surface area contributed by atoms with Crippen LogP contribution in [-0.4, -0.2) is 19.1 Å². The molecule has 18 heavy (non-hydrogen) atoms. The summed E-state index contributed by atoms with van der Waals surface area (Å²) in [6.45, 7) is 5.46. The van der Waals surface area contributed by atoms with Crippen LogP contribution in [0.3, 0.4) is 0 Å². The second-order valence-electron chi connectivity index (χ2n) is 5.14. The highest BCUT2D eigenvalue weighted by Gasteiger charge is 2.42. The first kappa shape index (κ1) is 12.9. The van der Waals surface area contributed by atoms with Gasteiger partial charge in [0.25, 0.3) is 0 Å². The third-order valence-corrected chi connectivity index (χ3v) is 3.31. The van der Waals surface area contributed by atoms with Crippen LogP contribution in [0, 0.1) is 5.92 Å². The fourth-order valence-electron chi connectivity index (χ4n) is 2.30. The highest BCUT2D eigenvalue weighted by Crippen LogP contribution is 2.36. The average Bonchev–Trinajstić information content (AvgIpc) is 2.36. The molecule has 4 heteroatoms. The standard InChI is InChI=1S/C14H20N2O2/c1-10(2)9-16-14(13(15)17)7-8-18-12-6-4-3-5-11(12)14/h3-6,10,16H,7-9H2,1-2H3,(H2,15,17). The molecule has 0 aliphatic carbocycles. The van der Waals surface area contributed by atoms with E-state index in [4.69, 9.17) is 10.5 Å². The van der Waals surface area contributed by atoms with Gasteiger partial charge in [-0.1, -0.05) is 32.0 Å². The van der Waals surface area contributed by atoms with Crippen LogP contribution >= 0.6 is 0 Å². The van der Waals surface area contributed by atoms with Gasteiger partial charge in [-0.25, -0.2) is 0 Å². The number of rotatable bonds is 4. The van der Waals surface area contributed by atoms with Crippen molar-refractivity contribution in [1.82, 2.24) is 5.32 Å². The Morgan fingerprint density at radius 2 is 2.22 bits per heavy atom. The van der Waals surface area contributed by atoms with Crippen molar-refractivity contribution in [2.24, 2.45) is 11.7 Å². The zero-order valence-corrected chi connectivity index (χ0v) is 10.9. The maximum absolute atomic E-state index is 12.0. The Kier molecular flexibility index (Phi) is 3.57. The molecule has 0 saturated carbocycles. The highest BCUT2D eigenvalue weighted by atomic mass is 16.5. The minimum atomic E-state index is -0.793. The summed E-state index contributed by atoms with van der Waals surface area (Å²) in [6, 6.07) is 7.59.